The lowest BCUT2D eigenvalue weighted by Crippen LogP contribution is -2.05. The summed E-state index contributed by atoms with van der Waals surface area (Å²) in [6.07, 6.45) is 3.39. The Morgan fingerprint density at radius 1 is 0.871 bits per heavy atom. The minimum Gasteiger partial charge on any atom is -0.494 e. The van der Waals surface area contributed by atoms with Gasteiger partial charge in [0, 0.05) is 18.0 Å². The molecule has 8 heteroatoms. The maximum Gasteiger partial charge on any atom is 0.210 e. The Bertz CT molecular complexity index is 1160. The van der Waals surface area contributed by atoms with Crippen LogP contribution in [0.1, 0.15) is 17.3 Å². The lowest BCUT2D eigenvalue weighted by Gasteiger charge is -2.08. The van der Waals surface area contributed by atoms with Gasteiger partial charge in [-0.15, -0.1) is 10.2 Å². The molecule has 3 heterocycles. The maximum atomic E-state index is 12.6. The van der Waals surface area contributed by atoms with E-state index in [-0.39, 0.29) is 11.5 Å². The Labute approximate surface area is 184 Å². The molecule has 0 bridgehead atoms. The Balaban J connectivity index is 1.56. The van der Waals surface area contributed by atoms with Crippen molar-refractivity contribution in [1.29, 1.82) is 0 Å². The summed E-state index contributed by atoms with van der Waals surface area (Å²) in [5.41, 5.74) is 3.05. The van der Waals surface area contributed by atoms with Gasteiger partial charge in [0.15, 0.2) is 5.78 Å². The van der Waals surface area contributed by atoms with Crippen LogP contribution in [0.4, 0.5) is 0 Å². The van der Waals surface area contributed by atoms with Crippen LogP contribution in [0.3, 0.4) is 0 Å². The van der Waals surface area contributed by atoms with E-state index in [1.807, 2.05) is 43.3 Å². The third-order valence-corrected chi connectivity index (χ3v) is 5.14. The van der Waals surface area contributed by atoms with Gasteiger partial charge in [-0.25, -0.2) is 4.98 Å². The van der Waals surface area contributed by atoms with Gasteiger partial charge < -0.3 is 4.74 Å². The predicted octanol–water partition coefficient (Wildman–Crippen LogP) is 4.37. The lowest BCUT2D eigenvalue weighted by molar-refractivity contribution is 0.102. The Morgan fingerprint density at radius 3 is 2.16 bits per heavy atom. The molecule has 0 spiro atoms. The average Bonchev–Trinajstić information content (AvgIpc) is 2.84. The third kappa shape index (κ3) is 5.10. The van der Waals surface area contributed by atoms with Crippen molar-refractivity contribution in [1.82, 2.24) is 25.1 Å². The summed E-state index contributed by atoms with van der Waals surface area (Å²) < 4.78 is 5.42. The van der Waals surface area contributed by atoms with Gasteiger partial charge in [-0.05, 0) is 55.5 Å². The fourth-order valence-corrected chi connectivity index (χ4v) is 3.53. The number of hydrogen-bond acceptors (Lipinski definition) is 8. The van der Waals surface area contributed by atoms with E-state index in [1.165, 1.54) is 11.8 Å². The van der Waals surface area contributed by atoms with E-state index in [4.69, 9.17) is 4.74 Å². The minimum absolute atomic E-state index is 0.0233. The third-order valence-electron chi connectivity index (χ3n) is 4.30. The van der Waals surface area contributed by atoms with E-state index in [9.17, 15) is 4.79 Å². The van der Waals surface area contributed by atoms with Gasteiger partial charge in [-0.3, -0.25) is 14.8 Å². The van der Waals surface area contributed by atoms with Crippen molar-refractivity contribution in [2.45, 2.75) is 12.1 Å². The van der Waals surface area contributed by atoms with Crippen LogP contribution in [0.5, 0.6) is 5.75 Å². The molecule has 31 heavy (non-hydrogen) atoms. The monoisotopic (exact) mass is 429 g/mol. The molecule has 0 aliphatic heterocycles. The molecule has 0 fully saturated rings. The molecule has 1 aromatic carbocycles. The van der Waals surface area contributed by atoms with Gasteiger partial charge in [-0.1, -0.05) is 23.9 Å². The van der Waals surface area contributed by atoms with Crippen molar-refractivity contribution in [2.75, 3.05) is 12.4 Å². The van der Waals surface area contributed by atoms with Crippen molar-refractivity contribution in [3.05, 3.63) is 78.6 Å². The average molecular weight is 430 g/mol. The molecule has 154 valence electrons. The second-order valence-corrected chi connectivity index (χ2v) is 7.33. The van der Waals surface area contributed by atoms with Gasteiger partial charge in [0.25, 0.3) is 0 Å². The molecule has 0 N–H and O–H groups in total. The number of carbonyl (C=O) groups excluding carboxylic acids is 1. The molecule has 0 radical (unpaired) electrons. The van der Waals surface area contributed by atoms with Gasteiger partial charge in [-0.2, -0.15) is 0 Å². The second-order valence-electron chi connectivity index (χ2n) is 6.39. The number of Topliss-reactive ketones (excluding diaryl/α,β-unsaturated/α-hetero) is 1. The quantitative estimate of drug-likeness (QED) is 0.301. The molecule has 0 atom stereocenters. The fraction of sp³-hybridized carbons (Fsp3) is 0.130. The van der Waals surface area contributed by atoms with Crippen LogP contribution < -0.4 is 4.74 Å². The Hall–Kier alpha value is -3.65. The highest BCUT2D eigenvalue weighted by atomic mass is 32.2. The van der Waals surface area contributed by atoms with Gasteiger partial charge in [0.2, 0.25) is 5.16 Å². The Morgan fingerprint density at radius 2 is 1.55 bits per heavy atom. The van der Waals surface area contributed by atoms with Crippen LogP contribution in [-0.2, 0) is 0 Å². The number of thioether (sulfide) groups is 1. The normalized spacial score (nSPS) is 10.6. The molecule has 0 saturated carbocycles. The number of ketones is 1. The number of carbonyl (C=O) groups is 1. The molecule has 4 rings (SSSR count). The van der Waals surface area contributed by atoms with Crippen LogP contribution in [0.15, 0.2) is 78.2 Å². The van der Waals surface area contributed by atoms with E-state index in [1.54, 1.807) is 36.7 Å². The molecule has 3 aromatic heterocycles. The largest absolute Gasteiger partial charge is 0.494 e. The molecule has 0 aliphatic carbocycles. The smallest absolute Gasteiger partial charge is 0.210 e. The molecule has 0 aliphatic rings. The van der Waals surface area contributed by atoms with E-state index < -0.39 is 0 Å². The van der Waals surface area contributed by atoms with Crippen LogP contribution in [0, 0.1) is 0 Å². The molecule has 4 aromatic rings. The van der Waals surface area contributed by atoms with Crippen molar-refractivity contribution in [3.63, 3.8) is 0 Å². The summed E-state index contributed by atoms with van der Waals surface area (Å²) in [6.45, 7) is 2.50. The molecule has 7 nitrogen and oxygen atoms in total. The molecular weight excluding hydrogens is 410 g/mol. The molecule has 0 saturated heterocycles. The second kappa shape index (κ2) is 9.90. The summed E-state index contributed by atoms with van der Waals surface area (Å²) in [6, 6.07) is 18.2. The first-order chi connectivity index (χ1) is 15.2. The van der Waals surface area contributed by atoms with Crippen LogP contribution in [0.2, 0.25) is 0 Å². The number of nitrogens with zero attached hydrogens (tertiary/aromatic N) is 5. The van der Waals surface area contributed by atoms with Crippen LogP contribution >= 0.6 is 11.8 Å². The SMILES string of the molecule is CCOc1ccc(C(=O)CSc2nnc(-c3ccccn3)c(-c3ccccn3)n2)cc1. The fourth-order valence-electron chi connectivity index (χ4n) is 2.85. The topological polar surface area (TPSA) is 90.8 Å². The van der Waals surface area contributed by atoms with Gasteiger partial charge >= 0.3 is 0 Å². The number of hydrogen-bond donors (Lipinski definition) is 0. The highest BCUT2D eigenvalue weighted by Gasteiger charge is 2.16. The molecule has 0 amide bonds. The summed E-state index contributed by atoms with van der Waals surface area (Å²) >= 11 is 1.24. The van der Waals surface area contributed by atoms with E-state index >= 15 is 0 Å². The van der Waals surface area contributed by atoms with Crippen molar-refractivity contribution in [3.8, 4) is 28.5 Å². The molecular formula is C23H19N5O2S. The number of rotatable bonds is 8. The predicted molar refractivity (Wildman–Crippen MR) is 119 cm³/mol. The number of benzene rings is 1. The number of pyridine rings is 2. The van der Waals surface area contributed by atoms with Crippen molar-refractivity contribution < 1.29 is 9.53 Å². The van der Waals surface area contributed by atoms with Crippen LogP contribution in [-0.4, -0.2) is 43.3 Å². The first-order valence-electron chi connectivity index (χ1n) is 9.71. The zero-order valence-electron chi connectivity index (χ0n) is 16.8. The van der Waals surface area contributed by atoms with Crippen LogP contribution in [0.25, 0.3) is 22.8 Å². The standard InChI is InChI=1S/C23H19N5O2S/c1-2-30-17-11-9-16(10-12-17)20(29)15-31-23-26-21(18-7-3-5-13-24-18)22(27-28-23)19-8-4-6-14-25-19/h3-14H,2,15H2,1H3. The van der Waals surface area contributed by atoms with E-state index in [0.717, 1.165) is 5.75 Å². The summed E-state index contributed by atoms with van der Waals surface area (Å²) in [5.74, 6) is 0.912. The summed E-state index contributed by atoms with van der Waals surface area (Å²) in [5, 5.41) is 8.95. The Kier molecular flexibility index (Phi) is 6.59. The first kappa shape index (κ1) is 20.6. The van der Waals surface area contributed by atoms with E-state index in [0.29, 0.717) is 40.1 Å². The summed E-state index contributed by atoms with van der Waals surface area (Å²) in [4.78, 5) is 26.0. The van der Waals surface area contributed by atoms with Crippen molar-refractivity contribution in [2.24, 2.45) is 0 Å². The highest BCUT2D eigenvalue weighted by molar-refractivity contribution is 7.99. The highest BCUT2D eigenvalue weighted by Crippen LogP contribution is 2.27. The van der Waals surface area contributed by atoms with Gasteiger partial charge in [0.05, 0.1) is 23.7 Å². The maximum absolute atomic E-state index is 12.6. The number of aromatic nitrogens is 5. The molecule has 0 unspecified atom stereocenters. The number of ether oxygens (including phenoxy) is 1. The van der Waals surface area contributed by atoms with Gasteiger partial charge in [0.1, 0.15) is 17.1 Å². The summed E-state index contributed by atoms with van der Waals surface area (Å²) in [7, 11) is 0. The first-order valence-corrected chi connectivity index (χ1v) is 10.7. The zero-order chi connectivity index (χ0) is 21.5. The van der Waals surface area contributed by atoms with E-state index in [2.05, 4.69) is 25.1 Å². The van der Waals surface area contributed by atoms with Crippen molar-refractivity contribution >= 4 is 17.5 Å². The minimum atomic E-state index is -0.0233. The zero-order valence-corrected chi connectivity index (χ0v) is 17.6. The lowest BCUT2D eigenvalue weighted by atomic mass is 10.1.